The molecule has 6 heteroatoms. The monoisotopic (exact) mass is 368 g/mol. The van der Waals surface area contributed by atoms with E-state index in [2.05, 4.69) is 10.6 Å². The second kappa shape index (κ2) is 9.52. The van der Waals surface area contributed by atoms with Crippen molar-refractivity contribution in [1.29, 1.82) is 0 Å². The number of anilines is 2. The molecule has 0 fully saturated rings. The van der Waals surface area contributed by atoms with E-state index in [4.69, 9.17) is 4.74 Å². The highest BCUT2D eigenvalue weighted by molar-refractivity contribution is 6.44. The van der Waals surface area contributed by atoms with Crippen LogP contribution < -0.4 is 10.6 Å². The summed E-state index contributed by atoms with van der Waals surface area (Å²) in [5.74, 6) is -2.20. The fraction of sp³-hybridized carbons (Fsp3) is 0.286. The van der Waals surface area contributed by atoms with Crippen molar-refractivity contribution in [2.24, 2.45) is 0 Å². The highest BCUT2D eigenvalue weighted by Crippen LogP contribution is 2.17. The largest absolute Gasteiger partial charge is 0.462 e. The number of carbonyl (C=O) groups is 3. The average molecular weight is 368 g/mol. The summed E-state index contributed by atoms with van der Waals surface area (Å²) >= 11 is 0. The number of rotatable bonds is 6. The van der Waals surface area contributed by atoms with E-state index in [1.165, 1.54) is 0 Å². The predicted octanol–water partition coefficient (Wildman–Crippen LogP) is 3.84. The van der Waals surface area contributed by atoms with Crippen LogP contribution in [0.15, 0.2) is 42.5 Å². The Bertz CT molecular complexity index is 826. The van der Waals surface area contributed by atoms with Gasteiger partial charge in [0.15, 0.2) is 0 Å². The summed E-state index contributed by atoms with van der Waals surface area (Å²) in [6.45, 7) is 6.12. The van der Waals surface area contributed by atoms with Crippen molar-refractivity contribution in [2.75, 3.05) is 17.2 Å². The minimum absolute atomic E-state index is 0.209. The molecule has 0 aromatic heterocycles. The number of nitrogens with one attached hydrogen (secondary N) is 2. The van der Waals surface area contributed by atoms with Crippen molar-refractivity contribution >= 4 is 29.2 Å². The number of hydrogen-bond donors (Lipinski definition) is 2. The van der Waals surface area contributed by atoms with Gasteiger partial charge < -0.3 is 15.4 Å². The van der Waals surface area contributed by atoms with Crippen LogP contribution in [0.25, 0.3) is 0 Å². The molecule has 0 unspecified atom stereocenters. The molecule has 2 N–H and O–H groups in total. The van der Waals surface area contributed by atoms with Gasteiger partial charge in [-0.05, 0) is 55.7 Å². The molecule has 0 heterocycles. The summed E-state index contributed by atoms with van der Waals surface area (Å²) in [5.41, 5.74) is 2.94. The molecular formula is C21H24N2O4. The van der Waals surface area contributed by atoms with Crippen LogP contribution in [-0.2, 0) is 14.3 Å². The Kier molecular flexibility index (Phi) is 7.11. The molecule has 0 saturated carbocycles. The number of amides is 2. The van der Waals surface area contributed by atoms with Crippen LogP contribution in [-0.4, -0.2) is 24.4 Å². The maximum absolute atomic E-state index is 12.2. The Morgan fingerprint density at radius 2 is 1.56 bits per heavy atom. The average Bonchev–Trinajstić information content (AvgIpc) is 2.61. The van der Waals surface area contributed by atoms with Gasteiger partial charge in [0.05, 0.1) is 17.9 Å². The van der Waals surface area contributed by atoms with Crippen LogP contribution in [0.4, 0.5) is 11.4 Å². The van der Waals surface area contributed by atoms with Gasteiger partial charge in [0.2, 0.25) is 0 Å². The number of para-hydroxylation sites is 1. The maximum atomic E-state index is 12.2. The highest BCUT2D eigenvalue weighted by Gasteiger charge is 2.19. The Morgan fingerprint density at radius 1 is 0.926 bits per heavy atom. The van der Waals surface area contributed by atoms with Gasteiger partial charge in [0, 0.05) is 5.69 Å². The molecule has 0 spiro atoms. The molecule has 0 aliphatic rings. The number of aryl methyl sites for hydroxylation is 2. The smallest absolute Gasteiger partial charge is 0.340 e. The predicted molar refractivity (Wildman–Crippen MR) is 105 cm³/mol. The summed E-state index contributed by atoms with van der Waals surface area (Å²) in [6, 6.07) is 12.0. The zero-order valence-corrected chi connectivity index (χ0v) is 15.8. The maximum Gasteiger partial charge on any atom is 0.340 e. The summed E-state index contributed by atoms with van der Waals surface area (Å²) in [5, 5.41) is 5.05. The molecule has 0 aliphatic carbocycles. The first kappa shape index (κ1) is 20.2. The van der Waals surface area contributed by atoms with Gasteiger partial charge in [0.1, 0.15) is 0 Å². The molecule has 2 rings (SSSR count). The molecule has 27 heavy (non-hydrogen) atoms. The summed E-state index contributed by atoms with van der Waals surface area (Å²) < 4.78 is 5.18. The molecule has 0 saturated heterocycles. The first-order valence-electron chi connectivity index (χ1n) is 8.87. The van der Waals surface area contributed by atoms with Gasteiger partial charge in [-0.25, -0.2) is 4.79 Å². The van der Waals surface area contributed by atoms with Gasteiger partial charge in [-0.3, -0.25) is 9.59 Å². The van der Waals surface area contributed by atoms with Crippen LogP contribution in [0, 0.1) is 13.8 Å². The zero-order chi connectivity index (χ0) is 19.8. The van der Waals surface area contributed by atoms with E-state index >= 15 is 0 Å². The Morgan fingerprint density at radius 3 is 2.22 bits per heavy atom. The lowest BCUT2D eigenvalue weighted by molar-refractivity contribution is -0.133. The first-order chi connectivity index (χ1) is 12.9. The summed E-state index contributed by atoms with van der Waals surface area (Å²) in [6.07, 6.45) is 1.67. The van der Waals surface area contributed by atoms with Crippen molar-refractivity contribution in [1.82, 2.24) is 0 Å². The standard InChI is InChI=1S/C21H24N2O4/c1-4-5-10-27-21(26)17-8-6-7-9-18(17)23-20(25)19(24)22-16-12-14(2)11-15(3)13-16/h6-9,11-13H,4-5,10H2,1-3H3,(H,22,24)(H,23,25). The molecule has 0 atom stereocenters. The normalized spacial score (nSPS) is 10.2. The van der Waals surface area contributed by atoms with Crippen LogP contribution in [0.2, 0.25) is 0 Å². The Balaban J connectivity index is 2.06. The molecule has 6 nitrogen and oxygen atoms in total. The molecular weight excluding hydrogens is 344 g/mol. The highest BCUT2D eigenvalue weighted by atomic mass is 16.5. The fourth-order valence-electron chi connectivity index (χ4n) is 2.57. The van der Waals surface area contributed by atoms with Crippen molar-refractivity contribution in [2.45, 2.75) is 33.6 Å². The van der Waals surface area contributed by atoms with Crippen LogP contribution in [0.5, 0.6) is 0 Å². The Hall–Kier alpha value is -3.15. The van der Waals surface area contributed by atoms with Crippen LogP contribution in [0.1, 0.15) is 41.3 Å². The molecule has 2 aromatic rings. The second-order valence-corrected chi connectivity index (χ2v) is 6.32. The van der Waals surface area contributed by atoms with E-state index in [-0.39, 0.29) is 11.3 Å². The first-order valence-corrected chi connectivity index (χ1v) is 8.87. The third-order valence-electron chi connectivity index (χ3n) is 3.81. The van der Waals surface area contributed by atoms with Gasteiger partial charge in [-0.2, -0.15) is 0 Å². The molecule has 0 bridgehead atoms. The summed E-state index contributed by atoms with van der Waals surface area (Å²) in [7, 11) is 0. The lowest BCUT2D eigenvalue weighted by Crippen LogP contribution is -2.29. The fourth-order valence-corrected chi connectivity index (χ4v) is 2.57. The van der Waals surface area contributed by atoms with Crippen molar-refractivity contribution in [3.05, 3.63) is 59.2 Å². The van der Waals surface area contributed by atoms with E-state index in [9.17, 15) is 14.4 Å². The van der Waals surface area contributed by atoms with Crippen molar-refractivity contribution in [3.8, 4) is 0 Å². The molecule has 0 aliphatic heterocycles. The van der Waals surface area contributed by atoms with Crippen LogP contribution >= 0.6 is 0 Å². The number of hydrogen-bond acceptors (Lipinski definition) is 4. The van der Waals surface area contributed by atoms with E-state index in [1.54, 1.807) is 36.4 Å². The van der Waals surface area contributed by atoms with E-state index < -0.39 is 17.8 Å². The number of unbranched alkanes of at least 4 members (excludes halogenated alkanes) is 1. The van der Waals surface area contributed by atoms with Crippen molar-refractivity contribution < 1.29 is 19.1 Å². The third-order valence-corrected chi connectivity index (χ3v) is 3.81. The lowest BCUT2D eigenvalue weighted by Gasteiger charge is -2.11. The van der Waals surface area contributed by atoms with E-state index in [0.29, 0.717) is 12.3 Å². The lowest BCUT2D eigenvalue weighted by atomic mass is 10.1. The molecule has 142 valence electrons. The molecule has 2 amide bonds. The molecule has 2 aromatic carbocycles. The van der Waals surface area contributed by atoms with Gasteiger partial charge in [-0.1, -0.05) is 31.5 Å². The quantitative estimate of drug-likeness (QED) is 0.461. The van der Waals surface area contributed by atoms with Gasteiger partial charge >= 0.3 is 17.8 Å². The second-order valence-electron chi connectivity index (χ2n) is 6.32. The number of carbonyl (C=O) groups excluding carboxylic acids is 3. The van der Waals surface area contributed by atoms with E-state index in [1.807, 2.05) is 26.8 Å². The topological polar surface area (TPSA) is 84.5 Å². The zero-order valence-electron chi connectivity index (χ0n) is 15.8. The third kappa shape index (κ3) is 5.95. The minimum atomic E-state index is -0.858. The minimum Gasteiger partial charge on any atom is -0.462 e. The van der Waals surface area contributed by atoms with Gasteiger partial charge in [0.25, 0.3) is 0 Å². The van der Waals surface area contributed by atoms with Crippen molar-refractivity contribution in [3.63, 3.8) is 0 Å². The van der Waals surface area contributed by atoms with E-state index in [0.717, 1.165) is 24.0 Å². The Labute approximate surface area is 158 Å². The SMILES string of the molecule is CCCCOC(=O)c1ccccc1NC(=O)C(=O)Nc1cc(C)cc(C)c1. The number of benzene rings is 2. The molecule has 0 radical (unpaired) electrons. The van der Waals surface area contributed by atoms with Crippen LogP contribution in [0.3, 0.4) is 0 Å². The van der Waals surface area contributed by atoms with Gasteiger partial charge in [-0.15, -0.1) is 0 Å². The number of esters is 1. The summed E-state index contributed by atoms with van der Waals surface area (Å²) in [4.78, 5) is 36.6. The number of ether oxygens (including phenoxy) is 1.